The van der Waals surface area contributed by atoms with Gasteiger partial charge in [-0.15, -0.1) is 0 Å². The predicted molar refractivity (Wildman–Crippen MR) is 127 cm³/mol. The molecule has 0 saturated carbocycles. The minimum Gasteiger partial charge on any atom is -0.507 e. The smallest absolute Gasteiger partial charge is 0.312 e. The summed E-state index contributed by atoms with van der Waals surface area (Å²) in [5.41, 5.74) is 3.85. The first kappa shape index (κ1) is 23.9. The number of carbonyl (C=O) groups is 3. The van der Waals surface area contributed by atoms with Gasteiger partial charge in [0.2, 0.25) is 5.91 Å². The summed E-state index contributed by atoms with van der Waals surface area (Å²) in [6.07, 6.45) is 1.67. The first-order valence-electron chi connectivity index (χ1n) is 11.2. The van der Waals surface area contributed by atoms with Crippen LogP contribution in [-0.2, 0) is 28.9 Å². The zero-order valence-corrected chi connectivity index (χ0v) is 19.1. The quantitative estimate of drug-likeness (QED) is 0.312. The Bertz CT molecular complexity index is 1320. The number of hydrogen-bond donors (Lipinski definition) is 3. The van der Waals surface area contributed by atoms with Gasteiger partial charge in [0.25, 0.3) is 0 Å². The summed E-state index contributed by atoms with van der Waals surface area (Å²) in [6, 6.07) is 11.8. The number of rotatable bonds is 8. The Kier molecular flexibility index (Phi) is 6.82. The third-order valence-corrected chi connectivity index (χ3v) is 5.89. The van der Waals surface area contributed by atoms with E-state index in [1.54, 1.807) is 12.1 Å². The highest BCUT2D eigenvalue weighted by Crippen LogP contribution is 2.41. The Morgan fingerprint density at radius 1 is 1.03 bits per heavy atom. The van der Waals surface area contributed by atoms with Gasteiger partial charge in [0.15, 0.2) is 5.78 Å². The molecule has 3 aromatic rings. The number of phenols is 1. The molecular weight excluding hydrogens is 453 g/mol. The van der Waals surface area contributed by atoms with Crippen LogP contribution in [0.25, 0.3) is 0 Å². The number of hydrogen-bond acceptors (Lipinski definition) is 5. The maximum atomic E-state index is 13.1. The molecule has 4 rings (SSSR count). The number of aliphatic carboxylic acids is 1. The number of carboxylic acids is 1. The number of anilines is 1. The number of nitrogens with one attached hydrogen (secondary N) is 1. The second kappa shape index (κ2) is 9.97. The van der Waals surface area contributed by atoms with Crippen LogP contribution in [0.15, 0.2) is 48.5 Å². The van der Waals surface area contributed by atoms with Gasteiger partial charge in [-0.25, -0.2) is 4.39 Å². The molecule has 8 heteroatoms. The summed E-state index contributed by atoms with van der Waals surface area (Å²) in [6.45, 7) is 1.82. The molecule has 1 amide bonds. The van der Waals surface area contributed by atoms with E-state index in [2.05, 4.69) is 5.32 Å². The van der Waals surface area contributed by atoms with E-state index in [-0.39, 0.29) is 23.5 Å². The standard InChI is InChI=1S/C27H24FNO6/c1-15-11-22(29-25(32)14-26(33)34)19-3-2-4-20(19)27(15)35-18-9-10-23(30)21(13-18)24(31)12-16-5-7-17(28)8-6-16/h5-11,13,30H,2-4,12,14H2,1H3,(H,29,32)(H,33,34). The van der Waals surface area contributed by atoms with Gasteiger partial charge in [-0.1, -0.05) is 12.1 Å². The number of ether oxygens (including phenoxy) is 1. The summed E-state index contributed by atoms with van der Waals surface area (Å²) in [5.74, 6) is -1.73. The van der Waals surface area contributed by atoms with Gasteiger partial charge < -0.3 is 20.3 Å². The van der Waals surface area contributed by atoms with E-state index in [9.17, 15) is 23.9 Å². The first-order chi connectivity index (χ1) is 16.7. The Morgan fingerprint density at radius 3 is 2.46 bits per heavy atom. The molecule has 0 saturated heterocycles. The number of halogens is 1. The number of ketones is 1. The van der Waals surface area contributed by atoms with Gasteiger partial charge in [-0.05, 0) is 79.3 Å². The topological polar surface area (TPSA) is 113 Å². The second-order valence-corrected chi connectivity index (χ2v) is 8.51. The normalized spacial score (nSPS) is 12.2. The minimum absolute atomic E-state index is 0.00351. The van der Waals surface area contributed by atoms with E-state index in [1.165, 1.54) is 36.4 Å². The van der Waals surface area contributed by atoms with Gasteiger partial charge >= 0.3 is 5.97 Å². The molecule has 0 atom stereocenters. The molecule has 35 heavy (non-hydrogen) atoms. The van der Waals surface area contributed by atoms with Crippen molar-refractivity contribution in [3.63, 3.8) is 0 Å². The van der Waals surface area contributed by atoms with Crippen molar-refractivity contribution in [2.45, 2.75) is 39.0 Å². The second-order valence-electron chi connectivity index (χ2n) is 8.51. The van der Waals surface area contributed by atoms with Gasteiger partial charge in [0.1, 0.15) is 29.5 Å². The Hall–Kier alpha value is -4.20. The molecule has 0 aliphatic heterocycles. The van der Waals surface area contributed by atoms with Crippen molar-refractivity contribution in [3.05, 3.63) is 82.2 Å². The van der Waals surface area contributed by atoms with Gasteiger partial charge in [-0.2, -0.15) is 0 Å². The Morgan fingerprint density at radius 2 is 1.74 bits per heavy atom. The number of Topliss-reactive ketones (excluding diaryl/α,β-unsaturated/α-hetero) is 1. The molecule has 1 aliphatic rings. The van der Waals surface area contributed by atoms with Gasteiger partial charge in [0, 0.05) is 17.7 Å². The molecule has 0 fully saturated rings. The summed E-state index contributed by atoms with van der Waals surface area (Å²) in [7, 11) is 0. The molecule has 0 bridgehead atoms. The molecule has 1 aliphatic carbocycles. The van der Waals surface area contributed by atoms with E-state index in [0.29, 0.717) is 29.2 Å². The first-order valence-corrected chi connectivity index (χ1v) is 11.2. The van der Waals surface area contributed by atoms with Crippen LogP contribution in [0.1, 0.15) is 45.5 Å². The van der Waals surface area contributed by atoms with Crippen LogP contribution in [0.5, 0.6) is 17.2 Å². The fourth-order valence-corrected chi connectivity index (χ4v) is 4.29. The van der Waals surface area contributed by atoms with Crippen LogP contribution < -0.4 is 10.1 Å². The third kappa shape index (κ3) is 5.48. The average molecular weight is 477 g/mol. The van der Waals surface area contributed by atoms with E-state index in [4.69, 9.17) is 9.84 Å². The van der Waals surface area contributed by atoms with E-state index < -0.39 is 24.1 Å². The lowest BCUT2D eigenvalue weighted by molar-refractivity contribution is -0.139. The molecule has 0 spiro atoms. The summed E-state index contributed by atoms with van der Waals surface area (Å²) in [5, 5.41) is 21.8. The molecule has 3 aromatic carbocycles. The lowest BCUT2D eigenvalue weighted by atomic mass is 10.0. The van der Waals surface area contributed by atoms with Crippen molar-refractivity contribution in [1.29, 1.82) is 0 Å². The zero-order chi connectivity index (χ0) is 25.1. The van der Waals surface area contributed by atoms with Crippen molar-refractivity contribution in [2.24, 2.45) is 0 Å². The molecule has 180 valence electrons. The Labute approximate surface area is 201 Å². The van der Waals surface area contributed by atoms with E-state index in [1.807, 2.05) is 6.92 Å². The van der Waals surface area contributed by atoms with Crippen LogP contribution in [0.2, 0.25) is 0 Å². The summed E-state index contributed by atoms with van der Waals surface area (Å²) < 4.78 is 19.3. The SMILES string of the molecule is Cc1cc(NC(=O)CC(=O)O)c2c(c1Oc1ccc(O)c(C(=O)Cc3ccc(F)cc3)c1)CCC2. The molecule has 0 radical (unpaired) electrons. The highest BCUT2D eigenvalue weighted by Gasteiger charge is 2.24. The van der Waals surface area contributed by atoms with Crippen molar-refractivity contribution >= 4 is 23.3 Å². The van der Waals surface area contributed by atoms with Crippen LogP contribution in [0, 0.1) is 12.7 Å². The van der Waals surface area contributed by atoms with Crippen molar-refractivity contribution in [2.75, 3.05) is 5.32 Å². The molecular formula is C27H24FNO6. The fraction of sp³-hybridized carbons (Fsp3) is 0.222. The van der Waals surface area contributed by atoms with Crippen LogP contribution in [0.4, 0.5) is 10.1 Å². The van der Waals surface area contributed by atoms with Crippen molar-refractivity contribution in [3.8, 4) is 17.2 Å². The maximum absolute atomic E-state index is 13.1. The largest absolute Gasteiger partial charge is 0.507 e. The van der Waals surface area contributed by atoms with E-state index >= 15 is 0 Å². The minimum atomic E-state index is -1.20. The third-order valence-electron chi connectivity index (χ3n) is 5.89. The van der Waals surface area contributed by atoms with Crippen molar-refractivity contribution in [1.82, 2.24) is 0 Å². The van der Waals surface area contributed by atoms with Crippen LogP contribution in [-0.4, -0.2) is 27.9 Å². The molecule has 0 aromatic heterocycles. The number of carbonyl (C=O) groups excluding carboxylic acids is 2. The maximum Gasteiger partial charge on any atom is 0.312 e. The van der Waals surface area contributed by atoms with Crippen molar-refractivity contribution < 1.29 is 33.7 Å². The number of carboxylic acid groups (broad SMARTS) is 1. The average Bonchev–Trinajstić information content (AvgIpc) is 3.28. The number of benzene rings is 3. The summed E-state index contributed by atoms with van der Waals surface area (Å²) in [4.78, 5) is 35.6. The molecule has 0 heterocycles. The fourth-order valence-electron chi connectivity index (χ4n) is 4.29. The molecule has 7 nitrogen and oxygen atoms in total. The van der Waals surface area contributed by atoms with Crippen LogP contribution >= 0.6 is 0 Å². The highest BCUT2D eigenvalue weighted by atomic mass is 19.1. The lowest BCUT2D eigenvalue weighted by Crippen LogP contribution is -2.17. The van der Waals surface area contributed by atoms with Gasteiger partial charge in [-0.3, -0.25) is 14.4 Å². The number of aryl methyl sites for hydroxylation is 1. The predicted octanol–water partition coefficient (Wildman–Crippen LogP) is 4.96. The Balaban J connectivity index is 1.59. The summed E-state index contributed by atoms with van der Waals surface area (Å²) >= 11 is 0. The number of aromatic hydroxyl groups is 1. The van der Waals surface area contributed by atoms with E-state index in [0.717, 1.165) is 29.5 Å². The lowest BCUT2D eigenvalue weighted by Gasteiger charge is -2.18. The number of fused-ring (bicyclic) bond motifs is 1. The molecule has 3 N–H and O–H groups in total. The molecule has 0 unspecified atom stereocenters. The highest BCUT2D eigenvalue weighted by molar-refractivity contribution is 6.02. The number of phenolic OH excluding ortho intramolecular Hbond substituents is 1. The zero-order valence-electron chi connectivity index (χ0n) is 19.1. The number of amides is 1. The van der Waals surface area contributed by atoms with Crippen LogP contribution in [0.3, 0.4) is 0 Å². The monoisotopic (exact) mass is 477 g/mol. The van der Waals surface area contributed by atoms with Gasteiger partial charge in [0.05, 0.1) is 5.56 Å².